The van der Waals surface area contributed by atoms with E-state index >= 15 is 0 Å². The lowest BCUT2D eigenvalue weighted by molar-refractivity contribution is -0.117. The van der Waals surface area contributed by atoms with Crippen molar-refractivity contribution in [1.82, 2.24) is 9.78 Å². The van der Waals surface area contributed by atoms with E-state index in [1.54, 1.807) is 18.5 Å². The van der Waals surface area contributed by atoms with Gasteiger partial charge in [0.05, 0.1) is 0 Å². The number of aromatic nitrogens is 2. The van der Waals surface area contributed by atoms with Crippen molar-refractivity contribution in [3.05, 3.63) is 18.5 Å². The first-order chi connectivity index (χ1) is 7.24. The smallest absolute Gasteiger partial charge is 0.248 e. The molecule has 0 bridgehead atoms. The Morgan fingerprint density at radius 2 is 2.33 bits per heavy atom. The third-order valence-corrected chi connectivity index (χ3v) is 1.97. The summed E-state index contributed by atoms with van der Waals surface area (Å²) < 4.78 is 1.37. The van der Waals surface area contributed by atoms with Gasteiger partial charge in [0.2, 0.25) is 11.9 Å². The van der Waals surface area contributed by atoms with Crippen molar-refractivity contribution in [2.75, 3.05) is 0 Å². The van der Waals surface area contributed by atoms with Crippen LogP contribution in [0.15, 0.2) is 23.5 Å². The first-order valence-corrected chi connectivity index (χ1v) is 5.11. The highest BCUT2D eigenvalue weighted by atomic mass is 16.1. The van der Waals surface area contributed by atoms with Crippen LogP contribution in [0.4, 0.5) is 0 Å². The van der Waals surface area contributed by atoms with E-state index in [4.69, 9.17) is 5.73 Å². The molecule has 0 aliphatic carbocycles. The second-order valence-corrected chi connectivity index (χ2v) is 3.27. The third kappa shape index (κ3) is 3.93. The Labute approximate surface area is 89.0 Å². The lowest BCUT2D eigenvalue weighted by Crippen LogP contribution is -2.24. The number of amides is 1. The molecule has 0 fully saturated rings. The van der Waals surface area contributed by atoms with E-state index in [0.29, 0.717) is 6.42 Å². The Morgan fingerprint density at radius 1 is 1.53 bits per heavy atom. The summed E-state index contributed by atoms with van der Waals surface area (Å²) in [5.41, 5.74) is 5.57. The van der Waals surface area contributed by atoms with Crippen LogP contribution >= 0.6 is 0 Å². The molecule has 1 aromatic rings. The van der Waals surface area contributed by atoms with E-state index < -0.39 is 0 Å². The minimum Gasteiger partial charge on any atom is -0.368 e. The van der Waals surface area contributed by atoms with Crippen LogP contribution in [0.25, 0.3) is 0 Å². The maximum atomic E-state index is 11.3. The van der Waals surface area contributed by atoms with E-state index in [1.165, 1.54) is 4.68 Å². The summed E-state index contributed by atoms with van der Waals surface area (Å²) in [5.74, 6) is -0.0575. The predicted molar refractivity (Wildman–Crippen MR) is 58.4 cm³/mol. The molecule has 2 N–H and O–H groups in total. The van der Waals surface area contributed by atoms with Gasteiger partial charge in [-0.05, 0) is 12.5 Å². The lowest BCUT2D eigenvalue weighted by Gasteiger charge is -1.99. The fourth-order valence-electron chi connectivity index (χ4n) is 1.17. The Hall–Kier alpha value is -1.65. The van der Waals surface area contributed by atoms with Crippen molar-refractivity contribution in [2.24, 2.45) is 10.7 Å². The van der Waals surface area contributed by atoms with Crippen LogP contribution in [0.2, 0.25) is 0 Å². The number of aliphatic imine (C=N–C) groups is 1. The summed E-state index contributed by atoms with van der Waals surface area (Å²) in [4.78, 5) is 15.1. The molecule has 5 nitrogen and oxygen atoms in total. The molecule has 1 rings (SSSR count). The topological polar surface area (TPSA) is 73.3 Å². The molecule has 0 saturated carbocycles. The molecule has 0 aliphatic rings. The van der Waals surface area contributed by atoms with Crippen LogP contribution in [-0.4, -0.2) is 21.6 Å². The Morgan fingerprint density at radius 3 is 2.93 bits per heavy atom. The van der Waals surface area contributed by atoms with Crippen LogP contribution < -0.4 is 5.73 Å². The average molecular weight is 208 g/mol. The van der Waals surface area contributed by atoms with E-state index in [0.717, 1.165) is 19.3 Å². The van der Waals surface area contributed by atoms with Gasteiger partial charge in [-0.1, -0.05) is 19.8 Å². The monoisotopic (exact) mass is 208 g/mol. The number of carbonyl (C=O) groups is 1. The maximum absolute atomic E-state index is 11.3. The summed E-state index contributed by atoms with van der Waals surface area (Å²) in [6.07, 6.45) is 6.69. The van der Waals surface area contributed by atoms with Gasteiger partial charge in [-0.3, -0.25) is 4.79 Å². The molecule has 0 aromatic carbocycles. The fourth-order valence-corrected chi connectivity index (χ4v) is 1.17. The third-order valence-electron chi connectivity index (χ3n) is 1.97. The number of unbranched alkanes of at least 4 members (excludes halogenated alkanes) is 2. The van der Waals surface area contributed by atoms with Crippen molar-refractivity contribution < 1.29 is 4.79 Å². The number of carbonyl (C=O) groups excluding carboxylic acids is 1. The second kappa shape index (κ2) is 5.95. The largest absolute Gasteiger partial charge is 0.368 e. The highest BCUT2D eigenvalue weighted by Gasteiger charge is 2.02. The number of nitrogens with two attached hydrogens (primary N) is 1. The Kier molecular flexibility index (Phi) is 4.53. The normalized spacial score (nSPS) is 11.7. The molecule has 0 atom stereocenters. The standard InChI is InChI=1S/C10H16N4O/c1-2-3-4-6-9(15)13-10(11)14-8-5-7-12-14/h5,7-8H,2-4,6H2,1H3,(H2,11,13,15). The SMILES string of the molecule is CCCCCC(=O)N=C(N)n1cccn1. The summed E-state index contributed by atoms with van der Waals surface area (Å²) in [7, 11) is 0. The number of hydrogen-bond donors (Lipinski definition) is 1. The quantitative estimate of drug-likeness (QED) is 0.458. The van der Waals surface area contributed by atoms with Crippen LogP contribution in [0.1, 0.15) is 32.6 Å². The van der Waals surface area contributed by atoms with Crippen molar-refractivity contribution in [1.29, 1.82) is 0 Å². The zero-order valence-corrected chi connectivity index (χ0v) is 8.89. The lowest BCUT2D eigenvalue weighted by atomic mass is 10.2. The van der Waals surface area contributed by atoms with Crippen LogP contribution in [0, 0.1) is 0 Å². The molecule has 0 saturated heterocycles. The van der Waals surface area contributed by atoms with Gasteiger partial charge < -0.3 is 5.73 Å². The molecule has 0 unspecified atom stereocenters. The average Bonchev–Trinajstić information content (AvgIpc) is 2.70. The van der Waals surface area contributed by atoms with Crippen molar-refractivity contribution >= 4 is 11.9 Å². The zero-order chi connectivity index (χ0) is 11.1. The van der Waals surface area contributed by atoms with Crippen molar-refractivity contribution in [2.45, 2.75) is 32.6 Å². The van der Waals surface area contributed by atoms with Gasteiger partial charge in [0.15, 0.2) is 0 Å². The van der Waals surface area contributed by atoms with Crippen LogP contribution in [0.5, 0.6) is 0 Å². The highest BCUT2D eigenvalue weighted by Crippen LogP contribution is 2.00. The van der Waals surface area contributed by atoms with E-state index in [2.05, 4.69) is 17.0 Å². The van der Waals surface area contributed by atoms with Gasteiger partial charge in [0, 0.05) is 18.8 Å². The van der Waals surface area contributed by atoms with Gasteiger partial charge in [-0.2, -0.15) is 10.1 Å². The molecule has 82 valence electrons. The Balaban J connectivity index is 2.45. The number of rotatable bonds is 4. The molecular formula is C10H16N4O. The maximum Gasteiger partial charge on any atom is 0.248 e. The van der Waals surface area contributed by atoms with E-state index in [9.17, 15) is 4.79 Å². The zero-order valence-electron chi connectivity index (χ0n) is 8.89. The summed E-state index contributed by atoms with van der Waals surface area (Å²) in [5, 5.41) is 3.87. The van der Waals surface area contributed by atoms with Gasteiger partial charge in [0.1, 0.15) is 0 Å². The molecule has 0 spiro atoms. The van der Waals surface area contributed by atoms with E-state index in [-0.39, 0.29) is 11.9 Å². The molecular weight excluding hydrogens is 192 g/mol. The van der Waals surface area contributed by atoms with E-state index in [1.807, 2.05) is 0 Å². The molecule has 1 heterocycles. The number of nitrogens with zero attached hydrogens (tertiary/aromatic N) is 3. The summed E-state index contributed by atoms with van der Waals surface area (Å²) >= 11 is 0. The molecule has 15 heavy (non-hydrogen) atoms. The Bertz CT molecular complexity index is 329. The molecule has 0 radical (unpaired) electrons. The minimum atomic E-state index is -0.184. The number of hydrogen-bond acceptors (Lipinski definition) is 2. The first kappa shape index (κ1) is 11.4. The second-order valence-electron chi connectivity index (χ2n) is 3.27. The molecule has 1 amide bonds. The van der Waals surface area contributed by atoms with Gasteiger partial charge >= 0.3 is 0 Å². The first-order valence-electron chi connectivity index (χ1n) is 5.11. The van der Waals surface area contributed by atoms with Gasteiger partial charge in [-0.15, -0.1) is 0 Å². The molecule has 5 heteroatoms. The predicted octanol–water partition coefficient (Wildman–Crippen LogP) is 1.15. The van der Waals surface area contributed by atoms with Gasteiger partial charge in [0.25, 0.3) is 0 Å². The van der Waals surface area contributed by atoms with Crippen LogP contribution in [0.3, 0.4) is 0 Å². The van der Waals surface area contributed by atoms with Crippen molar-refractivity contribution in [3.8, 4) is 0 Å². The summed E-state index contributed by atoms with van der Waals surface area (Å²) in [6, 6.07) is 1.73. The summed E-state index contributed by atoms with van der Waals surface area (Å²) in [6.45, 7) is 2.09. The van der Waals surface area contributed by atoms with Crippen LogP contribution in [-0.2, 0) is 4.79 Å². The molecule has 0 aliphatic heterocycles. The van der Waals surface area contributed by atoms with Crippen molar-refractivity contribution in [3.63, 3.8) is 0 Å². The highest BCUT2D eigenvalue weighted by molar-refractivity contribution is 5.92. The van der Waals surface area contributed by atoms with Gasteiger partial charge in [-0.25, -0.2) is 4.68 Å². The minimum absolute atomic E-state index is 0.126. The fraction of sp³-hybridized carbons (Fsp3) is 0.500. The molecule has 1 aromatic heterocycles.